The minimum absolute atomic E-state index is 0.0464. The number of hydrogen-bond donors (Lipinski definition) is 2. The summed E-state index contributed by atoms with van der Waals surface area (Å²) >= 11 is 0. The third-order valence-electron chi connectivity index (χ3n) is 4.64. The lowest BCUT2D eigenvalue weighted by Crippen LogP contribution is -2.43. The molecule has 0 unspecified atom stereocenters. The average Bonchev–Trinajstić information content (AvgIpc) is 2.99. The van der Waals surface area contributed by atoms with Crippen LogP contribution >= 0.6 is 0 Å². The quantitative estimate of drug-likeness (QED) is 0.839. The van der Waals surface area contributed by atoms with Crippen molar-refractivity contribution in [1.82, 2.24) is 15.6 Å². The molecule has 1 heterocycles. The van der Waals surface area contributed by atoms with Gasteiger partial charge >= 0.3 is 12.6 Å². The second-order valence-electron chi connectivity index (χ2n) is 6.07. The van der Waals surface area contributed by atoms with Crippen LogP contribution in [0.4, 0.5) is 13.6 Å². The molecule has 0 saturated heterocycles. The third-order valence-corrected chi connectivity index (χ3v) is 4.64. The van der Waals surface area contributed by atoms with Crippen LogP contribution in [-0.4, -0.2) is 36.4 Å². The van der Waals surface area contributed by atoms with E-state index < -0.39 is 6.61 Å². The van der Waals surface area contributed by atoms with Crippen LogP contribution in [0, 0.1) is 5.92 Å². The Bertz CT molecular complexity index is 579. The van der Waals surface area contributed by atoms with Crippen molar-refractivity contribution in [1.29, 1.82) is 0 Å². The smallest absolute Gasteiger partial charge is 0.388 e. The van der Waals surface area contributed by atoms with E-state index in [0.717, 1.165) is 19.3 Å². The Morgan fingerprint density at radius 3 is 2.91 bits per heavy atom. The lowest BCUT2D eigenvalue weighted by Gasteiger charge is -2.36. The van der Waals surface area contributed by atoms with Crippen molar-refractivity contribution in [2.75, 3.05) is 7.11 Å². The Hall–Kier alpha value is -1.96. The van der Waals surface area contributed by atoms with E-state index in [1.165, 1.54) is 12.3 Å². The summed E-state index contributed by atoms with van der Waals surface area (Å²) in [5.41, 5.74) is 0.588. The van der Waals surface area contributed by atoms with Crippen molar-refractivity contribution < 1.29 is 23.0 Å². The van der Waals surface area contributed by atoms with Gasteiger partial charge in [-0.3, -0.25) is 0 Å². The molecular weight excluding hydrogens is 308 g/mol. The first kappa shape index (κ1) is 15.9. The molecular formula is C15H19F2N3O3. The molecule has 6 nitrogen and oxygen atoms in total. The molecule has 0 spiro atoms. The number of halogens is 2. The van der Waals surface area contributed by atoms with Gasteiger partial charge in [-0.05, 0) is 36.8 Å². The maximum atomic E-state index is 12.1. The highest BCUT2D eigenvalue weighted by Crippen LogP contribution is 2.53. The van der Waals surface area contributed by atoms with Crippen molar-refractivity contribution in [3.63, 3.8) is 0 Å². The molecule has 1 atom stereocenters. The van der Waals surface area contributed by atoms with Gasteiger partial charge in [-0.2, -0.15) is 8.78 Å². The van der Waals surface area contributed by atoms with Gasteiger partial charge in [-0.25, -0.2) is 9.78 Å². The summed E-state index contributed by atoms with van der Waals surface area (Å²) in [6.07, 6.45) is 4.18. The van der Waals surface area contributed by atoms with Crippen molar-refractivity contribution in [3.8, 4) is 5.88 Å². The summed E-state index contributed by atoms with van der Waals surface area (Å²) < 4.78 is 34.0. The highest BCUT2D eigenvalue weighted by atomic mass is 19.3. The van der Waals surface area contributed by atoms with Crippen LogP contribution < -0.4 is 15.4 Å². The number of fused-ring (bicyclic) bond motifs is 1. The summed E-state index contributed by atoms with van der Waals surface area (Å²) in [5, 5.41) is 5.66. The molecule has 23 heavy (non-hydrogen) atoms. The third kappa shape index (κ3) is 3.52. The first-order valence-corrected chi connectivity index (χ1v) is 7.49. The number of nitrogens with one attached hydrogen (secondary N) is 2. The largest absolute Gasteiger partial charge is 0.417 e. The molecule has 0 aliphatic heterocycles. The lowest BCUT2D eigenvalue weighted by atomic mass is 9.79. The Morgan fingerprint density at radius 2 is 2.26 bits per heavy atom. The van der Waals surface area contributed by atoms with Gasteiger partial charge in [-0.15, -0.1) is 0 Å². The number of alkyl halides is 2. The Kier molecular flexibility index (Phi) is 4.34. The summed E-state index contributed by atoms with van der Waals surface area (Å²) in [6, 6.07) is 2.86. The lowest BCUT2D eigenvalue weighted by molar-refractivity contribution is -0.0601. The Labute approximate surface area is 132 Å². The summed E-state index contributed by atoms with van der Waals surface area (Å²) in [6.45, 7) is -2.71. The minimum Gasteiger partial charge on any atom is -0.417 e. The van der Waals surface area contributed by atoms with Crippen LogP contribution in [0.5, 0.6) is 5.88 Å². The van der Waals surface area contributed by atoms with Crippen LogP contribution in [-0.2, 0) is 11.3 Å². The first-order valence-electron chi connectivity index (χ1n) is 7.49. The molecule has 8 heteroatoms. The zero-order valence-corrected chi connectivity index (χ0v) is 12.7. The zero-order valence-electron chi connectivity index (χ0n) is 12.7. The van der Waals surface area contributed by atoms with Gasteiger partial charge in [-0.1, -0.05) is 0 Å². The molecule has 2 N–H and O–H groups in total. The van der Waals surface area contributed by atoms with E-state index in [9.17, 15) is 13.6 Å². The van der Waals surface area contributed by atoms with E-state index in [1.807, 2.05) is 0 Å². The predicted octanol–water partition coefficient (Wildman–Crippen LogP) is 2.05. The van der Waals surface area contributed by atoms with Gasteiger partial charge in [0.15, 0.2) is 0 Å². The number of pyridine rings is 1. The molecule has 0 radical (unpaired) electrons. The highest BCUT2D eigenvalue weighted by molar-refractivity contribution is 5.74. The summed E-state index contributed by atoms with van der Waals surface area (Å²) in [7, 11) is 1.71. The van der Waals surface area contributed by atoms with Gasteiger partial charge in [0.1, 0.15) is 0 Å². The number of rotatable bonds is 6. The molecule has 126 valence electrons. The van der Waals surface area contributed by atoms with Crippen molar-refractivity contribution in [2.24, 2.45) is 5.92 Å². The van der Waals surface area contributed by atoms with Gasteiger partial charge < -0.3 is 20.1 Å². The number of amides is 2. The van der Waals surface area contributed by atoms with Crippen molar-refractivity contribution >= 4 is 6.03 Å². The predicted molar refractivity (Wildman–Crippen MR) is 77.1 cm³/mol. The Balaban J connectivity index is 1.46. The van der Waals surface area contributed by atoms with E-state index in [1.54, 1.807) is 13.2 Å². The van der Waals surface area contributed by atoms with Gasteiger partial charge in [0.25, 0.3) is 0 Å². The Morgan fingerprint density at radius 1 is 1.48 bits per heavy atom. The molecule has 2 amide bonds. The molecule has 3 saturated carbocycles. The molecule has 3 fully saturated rings. The summed E-state index contributed by atoms with van der Waals surface area (Å²) in [4.78, 5) is 15.6. The average molecular weight is 327 g/mol. The first-order chi connectivity index (χ1) is 11.0. The van der Waals surface area contributed by atoms with E-state index >= 15 is 0 Å². The number of aromatic nitrogens is 1. The number of carbonyl (C=O) groups excluding carboxylic acids is 1. The molecule has 0 aromatic carbocycles. The van der Waals surface area contributed by atoms with Crippen LogP contribution in [0.1, 0.15) is 24.8 Å². The fourth-order valence-electron chi connectivity index (χ4n) is 3.45. The van der Waals surface area contributed by atoms with Crippen LogP contribution in [0.15, 0.2) is 18.3 Å². The van der Waals surface area contributed by atoms with Gasteiger partial charge in [0.05, 0.1) is 5.60 Å². The highest BCUT2D eigenvalue weighted by Gasteiger charge is 2.56. The maximum Gasteiger partial charge on any atom is 0.388 e. The minimum atomic E-state index is -2.92. The van der Waals surface area contributed by atoms with E-state index in [-0.39, 0.29) is 30.1 Å². The molecule has 4 rings (SSSR count). The number of urea groups is 1. The van der Waals surface area contributed by atoms with Crippen LogP contribution in [0.3, 0.4) is 0 Å². The molecule has 3 aliphatic rings. The number of hydrogen-bond acceptors (Lipinski definition) is 4. The zero-order chi connectivity index (χ0) is 16.4. The standard InChI is InChI=1S/C15H19F2N3O3/c1-22-15-5-10(6-15)11(7-15)20-14(21)19-8-9-2-3-18-12(4-9)23-13(16)17/h2-4,10-11,13H,5-8H2,1H3,(H2,19,20,21)/t10?,11-,15?/m0/s1. The summed E-state index contributed by atoms with van der Waals surface area (Å²) in [5.74, 6) is 0.311. The van der Waals surface area contributed by atoms with Gasteiger partial charge in [0.2, 0.25) is 5.88 Å². The SMILES string of the molecule is COC12CC(C1)[C@@H](NC(=O)NCc1ccnc(OC(F)F)c1)C2. The second kappa shape index (κ2) is 6.27. The molecule has 2 bridgehead atoms. The fourth-order valence-corrected chi connectivity index (χ4v) is 3.45. The van der Waals surface area contributed by atoms with Crippen LogP contribution in [0.25, 0.3) is 0 Å². The number of methoxy groups -OCH3 is 1. The topological polar surface area (TPSA) is 72.5 Å². The second-order valence-corrected chi connectivity index (χ2v) is 6.07. The van der Waals surface area contributed by atoms with E-state index in [2.05, 4.69) is 20.4 Å². The monoisotopic (exact) mass is 327 g/mol. The van der Waals surface area contributed by atoms with E-state index in [0.29, 0.717) is 11.5 Å². The maximum absolute atomic E-state index is 12.1. The molecule has 3 aliphatic carbocycles. The number of carbonyl (C=O) groups is 1. The normalized spacial score (nSPS) is 28.3. The van der Waals surface area contributed by atoms with Crippen molar-refractivity contribution in [2.45, 2.75) is 44.1 Å². The fraction of sp³-hybridized carbons (Fsp3) is 0.600. The molecule has 1 aromatic heterocycles. The molecule has 1 aromatic rings. The van der Waals surface area contributed by atoms with Crippen molar-refractivity contribution in [3.05, 3.63) is 23.9 Å². The van der Waals surface area contributed by atoms with Gasteiger partial charge in [0, 0.05) is 32.0 Å². The number of nitrogens with zero attached hydrogens (tertiary/aromatic N) is 1. The number of ether oxygens (including phenoxy) is 2. The van der Waals surface area contributed by atoms with Crippen LogP contribution in [0.2, 0.25) is 0 Å². The van der Waals surface area contributed by atoms with E-state index in [4.69, 9.17) is 4.74 Å².